The number of carbonyl (C=O) groups is 1. The molecule has 0 fully saturated rings. The number of aromatic nitrogens is 1. The standard InChI is InChI=1S/C10H13BrN2O4S/c1-3-17-7(2)10(14)13-18(15,16)9-4-8(11)5-12-6-9/h4-7H,3H2,1-2H3,(H,13,14)/t7-/m0/s1. The Labute approximate surface area is 114 Å². The van der Waals surface area contributed by atoms with Gasteiger partial charge in [0.05, 0.1) is 0 Å². The molecule has 0 spiro atoms. The summed E-state index contributed by atoms with van der Waals surface area (Å²) in [6.07, 6.45) is 1.78. The van der Waals surface area contributed by atoms with Crippen LogP contribution in [0.2, 0.25) is 0 Å². The van der Waals surface area contributed by atoms with E-state index in [0.29, 0.717) is 11.1 Å². The Hall–Kier alpha value is -0.990. The van der Waals surface area contributed by atoms with Crippen LogP contribution in [-0.2, 0) is 19.6 Å². The van der Waals surface area contributed by atoms with E-state index in [9.17, 15) is 13.2 Å². The Morgan fingerprint density at radius 2 is 2.22 bits per heavy atom. The number of rotatable bonds is 5. The number of hydrogen-bond donors (Lipinski definition) is 1. The van der Waals surface area contributed by atoms with Gasteiger partial charge in [0.15, 0.2) is 0 Å². The minimum atomic E-state index is -3.92. The Balaban J connectivity index is 2.86. The highest BCUT2D eigenvalue weighted by Crippen LogP contribution is 2.14. The second-order valence-corrected chi connectivity index (χ2v) is 6.00. The van der Waals surface area contributed by atoms with Crippen molar-refractivity contribution in [3.8, 4) is 0 Å². The van der Waals surface area contributed by atoms with Crippen molar-refractivity contribution in [3.63, 3.8) is 0 Å². The molecule has 1 heterocycles. The summed E-state index contributed by atoms with van der Waals surface area (Å²) in [7, 11) is -3.92. The highest BCUT2D eigenvalue weighted by molar-refractivity contribution is 9.10. The van der Waals surface area contributed by atoms with Gasteiger partial charge in [-0.25, -0.2) is 13.1 Å². The second-order valence-electron chi connectivity index (χ2n) is 3.41. The minimum absolute atomic E-state index is 0.0890. The number of sulfonamides is 1. The molecular formula is C10H13BrN2O4S. The van der Waals surface area contributed by atoms with Gasteiger partial charge in [-0.2, -0.15) is 0 Å². The highest BCUT2D eigenvalue weighted by atomic mass is 79.9. The molecule has 1 aromatic heterocycles. The third-order valence-corrected chi connectivity index (χ3v) is 3.76. The maximum atomic E-state index is 11.9. The zero-order valence-corrected chi connectivity index (χ0v) is 12.3. The van der Waals surface area contributed by atoms with Gasteiger partial charge in [0.25, 0.3) is 15.9 Å². The molecule has 1 amide bonds. The summed E-state index contributed by atoms with van der Waals surface area (Å²) in [4.78, 5) is 15.2. The van der Waals surface area contributed by atoms with Crippen molar-refractivity contribution in [1.82, 2.24) is 9.71 Å². The van der Waals surface area contributed by atoms with E-state index >= 15 is 0 Å². The molecule has 0 bridgehead atoms. The first kappa shape index (κ1) is 15.1. The molecule has 0 aromatic carbocycles. The smallest absolute Gasteiger partial charge is 0.265 e. The Morgan fingerprint density at radius 3 is 2.78 bits per heavy atom. The monoisotopic (exact) mass is 336 g/mol. The predicted octanol–water partition coefficient (Wildman–Crippen LogP) is 1.07. The van der Waals surface area contributed by atoms with Gasteiger partial charge in [-0.15, -0.1) is 0 Å². The van der Waals surface area contributed by atoms with Gasteiger partial charge in [-0.05, 0) is 35.8 Å². The maximum Gasteiger partial charge on any atom is 0.265 e. The molecule has 0 aliphatic heterocycles. The van der Waals surface area contributed by atoms with Crippen molar-refractivity contribution >= 4 is 31.9 Å². The van der Waals surface area contributed by atoms with Crippen LogP contribution in [0, 0.1) is 0 Å². The molecule has 1 aromatic rings. The van der Waals surface area contributed by atoms with Gasteiger partial charge >= 0.3 is 0 Å². The van der Waals surface area contributed by atoms with Crippen LogP contribution in [0.15, 0.2) is 27.8 Å². The van der Waals surface area contributed by atoms with E-state index in [0.717, 1.165) is 6.20 Å². The fourth-order valence-electron chi connectivity index (χ4n) is 1.14. The Bertz CT molecular complexity index is 532. The van der Waals surface area contributed by atoms with E-state index in [2.05, 4.69) is 20.9 Å². The lowest BCUT2D eigenvalue weighted by molar-refractivity contribution is -0.129. The van der Waals surface area contributed by atoms with Crippen molar-refractivity contribution in [2.75, 3.05) is 6.61 Å². The van der Waals surface area contributed by atoms with E-state index in [1.165, 1.54) is 19.2 Å². The van der Waals surface area contributed by atoms with Gasteiger partial charge in [0.2, 0.25) is 0 Å². The van der Waals surface area contributed by atoms with Crippen LogP contribution in [0.5, 0.6) is 0 Å². The summed E-state index contributed by atoms with van der Waals surface area (Å²) in [5, 5.41) is 0. The van der Waals surface area contributed by atoms with Crippen molar-refractivity contribution < 1.29 is 17.9 Å². The molecule has 0 saturated carbocycles. The van der Waals surface area contributed by atoms with E-state index in [4.69, 9.17) is 4.74 Å². The number of carbonyl (C=O) groups excluding carboxylic acids is 1. The summed E-state index contributed by atoms with van der Waals surface area (Å²) < 4.78 is 31.2. The molecule has 0 saturated heterocycles. The number of hydrogen-bond acceptors (Lipinski definition) is 5. The molecule has 0 radical (unpaired) electrons. The summed E-state index contributed by atoms with van der Waals surface area (Å²) in [5.74, 6) is -0.711. The lowest BCUT2D eigenvalue weighted by Gasteiger charge is -2.12. The van der Waals surface area contributed by atoms with Crippen LogP contribution in [0.1, 0.15) is 13.8 Å². The first-order chi connectivity index (χ1) is 8.36. The molecule has 0 aliphatic carbocycles. The lowest BCUT2D eigenvalue weighted by Crippen LogP contribution is -2.38. The molecule has 1 N–H and O–H groups in total. The van der Waals surface area contributed by atoms with Crippen LogP contribution in [0.3, 0.4) is 0 Å². The van der Waals surface area contributed by atoms with E-state index in [-0.39, 0.29) is 4.90 Å². The van der Waals surface area contributed by atoms with Crippen molar-refractivity contribution in [2.24, 2.45) is 0 Å². The van der Waals surface area contributed by atoms with Gasteiger partial charge in [0, 0.05) is 23.5 Å². The molecule has 0 unspecified atom stereocenters. The van der Waals surface area contributed by atoms with Crippen LogP contribution >= 0.6 is 15.9 Å². The first-order valence-corrected chi connectivity index (χ1v) is 7.43. The number of nitrogens with one attached hydrogen (secondary N) is 1. The topological polar surface area (TPSA) is 85.4 Å². The number of amides is 1. The highest BCUT2D eigenvalue weighted by Gasteiger charge is 2.22. The fourth-order valence-corrected chi connectivity index (χ4v) is 2.69. The average molecular weight is 337 g/mol. The largest absolute Gasteiger partial charge is 0.369 e. The SMILES string of the molecule is CCO[C@@H](C)C(=O)NS(=O)(=O)c1cncc(Br)c1. The van der Waals surface area contributed by atoms with Gasteiger partial charge in [-0.3, -0.25) is 9.78 Å². The van der Waals surface area contributed by atoms with Crippen LogP contribution in [-0.4, -0.2) is 32.0 Å². The van der Waals surface area contributed by atoms with Crippen molar-refractivity contribution in [2.45, 2.75) is 24.8 Å². The van der Waals surface area contributed by atoms with E-state index in [1.54, 1.807) is 6.92 Å². The molecular weight excluding hydrogens is 324 g/mol. The number of ether oxygens (including phenoxy) is 1. The maximum absolute atomic E-state index is 11.9. The van der Waals surface area contributed by atoms with Gasteiger partial charge in [0.1, 0.15) is 11.0 Å². The summed E-state index contributed by atoms with van der Waals surface area (Å²) in [6.45, 7) is 3.52. The van der Waals surface area contributed by atoms with Gasteiger partial charge in [-0.1, -0.05) is 0 Å². The number of pyridine rings is 1. The molecule has 1 atom stereocenters. The number of halogens is 1. The van der Waals surface area contributed by atoms with Crippen molar-refractivity contribution in [1.29, 1.82) is 0 Å². The molecule has 0 aliphatic rings. The fraction of sp³-hybridized carbons (Fsp3) is 0.400. The van der Waals surface area contributed by atoms with Crippen molar-refractivity contribution in [3.05, 3.63) is 22.9 Å². The van der Waals surface area contributed by atoms with Crippen LogP contribution in [0.25, 0.3) is 0 Å². The van der Waals surface area contributed by atoms with Crippen LogP contribution < -0.4 is 4.72 Å². The minimum Gasteiger partial charge on any atom is -0.369 e. The lowest BCUT2D eigenvalue weighted by atomic mass is 10.4. The third kappa shape index (κ3) is 4.04. The molecule has 100 valence electrons. The summed E-state index contributed by atoms with van der Waals surface area (Å²) >= 11 is 3.11. The molecule has 18 heavy (non-hydrogen) atoms. The molecule has 8 heteroatoms. The first-order valence-electron chi connectivity index (χ1n) is 5.15. The van der Waals surface area contributed by atoms with Gasteiger partial charge < -0.3 is 4.74 Å². The summed E-state index contributed by atoms with van der Waals surface area (Å²) in [5.41, 5.74) is 0. The quantitative estimate of drug-likeness (QED) is 0.869. The Morgan fingerprint density at radius 1 is 1.56 bits per heavy atom. The Kier molecular flexibility index (Phi) is 5.24. The molecule has 1 rings (SSSR count). The molecule has 6 nitrogen and oxygen atoms in total. The summed E-state index contributed by atoms with van der Waals surface area (Å²) in [6, 6.07) is 1.36. The average Bonchev–Trinajstić information content (AvgIpc) is 2.28. The van der Waals surface area contributed by atoms with E-state index in [1.807, 2.05) is 4.72 Å². The normalized spacial score (nSPS) is 13.1. The predicted molar refractivity (Wildman–Crippen MR) is 68.4 cm³/mol. The zero-order chi connectivity index (χ0) is 13.8. The van der Waals surface area contributed by atoms with Crippen LogP contribution in [0.4, 0.5) is 0 Å². The second kappa shape index (κ2) is 6.26. The number of nitrogens with zero attached hydrogens (tertiary/aromatic N) is 1. The van der Waals surface area contributed by atoms with E-state index < -0.39 is 22.0 Å². The third-order valence-electron chi connectivity index (χ3n) is 2.01. The zero-order valence-electron chi connectivity index (χ0n) is 9.88.